The lowest BCUT2D eigenvalue weighted by molar-refractivity contribution is -0.115. The van der Waals surface area contributed by atoms with Crippen molar-refractivity contribution >= 4 is 23.4 Å². The summed E-state index contributed by atoms with van der Waals surface area (Å²) in [7, 11) is 0. The van der Waals surface area contributed by atoms with Crippen molar-refractivity contribution in [3.63, 3.8) is 0 Å². The molecule has 3 rings (SSSR count). The van der Waals surface area contributed by atoms with Crippen molar-refractivity contribution in [2.45, 2.75) is 60.5 Å². The Morgan fingerprint density at radius 3 is 2.26 bits per heavy atom. The molecule has 0 spiro atoms. The zero-order chi connectivity index (χ0) is 25.2. The maximum absolute atomic E-state index is 13.9. The minimum Gasteiger partial charge on any atom is -0.444 e. The van der Waals surface area contributed by atoms with Crippen LogP contribution in [0, 0.1) is 33.5 Å². The minimum atomic E-state index is -0.712. The lowest BCUT2D eigenvalue weighted by Gasteiger charge is -2.20. The molecule has 0 saturated heterocycles. The van der Waals surface area contributed by atoms with Crippen LogP contribution in [0.4, 0.5) is 20.6 Å². The first-order chi connectivity index (χ1) is 15.8. The molecule has 0 unspecified atom stereocenters. The molecule has 2 N–H and O–H groups in total. The lowest BCUT2D eigenvalue weighted by atomic mass is 10.1. The normalized spacial score (nSPS) is 11.3. The Kier molecular flexibility index (Phi) is 6.99. The standard InChI is InChI=1S/C24H29FN6O3/c1-13-10-14(2)27-22(26-13)31-16(4)18(15(3)30-31)12-21(32)28-20-11-17(25)8-9-19(20)29-23(33)34-24(5,6)7/h8-11H,12H2,1-7H3,(H,28,32)(H,29,33). The number of rotatable bonds is 5. The molecule has 2 amide bonds. The van der Waals surface area contributed by atoms with Crippen LogP contribution in [0.3, 0.4) is 0 Å². The molecule has 2 aromatic heterocycles. The second kappa shape index (κ2) is 9.58. The Labute approximate surface area is 197 Å². The third-order valence-electron chi connectivity index (χ3n) is 4.83. The second-order valence-corrected chi connectivity index (χ2v) is 9.05. The van der Waals surface area contributed by atoms with E-state index in [2.05, 4.69) is 25.7 Å². The Balaban J connectivity index is 1.81. The summed E-state index contributed by atoms with van der Waals surface area (Å²) in [5.74, 6) is -0.527. The van der Waals surface area contributed by atoms with Crippen LogP contribution in [-0.4, -0.2) is 37.3 Å². The number of nitrogens with zero attached hydrogens (tertiary/aromatic N) is 4. The van der Waals surface area contributed by atoms with Gasteiger partial charge in [0.25, 0.3) is 5.95 Å². The van der Waals surface area contributed by atoms with Gasteiger partial charge in [0, 0.05) is 22.6 Å². The molecular formula is C24H29FN6O3. The highest BCUT2D eigenvalue weighted by atomic mass is 19.1. The zero-order valence-corrected chi connectivity index (χ0v) is 20.4. The van der Waals surface area contributed by atoms with E-state index in [0.717, 1.165) is 23.1 Å². The number of aryl methyl sites for hydroxylation is 3. The number of ether oxygens (including phenoxy) is 1. The van der Waals surface area contributed by atoms with E-state index >= 15 is 0 Å². The van der Waals surface area contributed by atoms with Crippen LogP contribution >= 0.6 is 0 Å². The fourth-order valence-electron chi connectivity index (χ4n) is 3.43. The second-order valence-electron chi connectivity index (χ2n) is 9.05. The molecule has 0 aliphatic rings. The largest absolute Gasteiger partial charge is 0.444 e. The molecule has 0 aliphatic heterocycles. The van der Waals surface area contributed by atoms with Crippen molar-refractivity contribution in [1.82, 2.24) is 19.7 Å². The highest BCUT2D eigenvalue weighted by Gasteiger charge is 2.20. The number of anilines is 2. The summed E-state index contributed by atoms with van der Waals surface area (Å²) in [5.41, 5.74) is 3.34. The van der Waals surface area contributed by atoms with E-state index in [4.69, 9.17) is 4.74 Å². The fourth-order valence-corrected chi connectivity index (χ4v) is 3.43. The number of benzene rings is 1. The van der Waals surface area contributed by atoms with Crippen LogP contribution in [0.2, 0.25) is 0 Å². The van der Waals surface area contributed by atoms with Gasteiger partial charge in [-0.3, -0.25) is 10.1 Å². The van der Waals surface area contributed by atoms with E-state index < -0.39 is 23.4 Å². The fraction of sp³-hybridized carbons (Fsp3) is 0.375. The van der Waals surface area contributed by atoms with Crippen molar-refractivity contribution in [2.24, 2.45) is 0 Å². The molecule has 10 heteroatoms. The molecule has 0 atom stereocenters. The van der Waals surface area contributed by atoms with Crippen LogP contribution in [0.25, 0.3) is 5.95 Å². The first kappa shape index (κ1) is 24.8. The first-order valence-electron chi connectivity index (χ1n) is 10.8. The average Bonchev–Trinajstić information content (AvgIpc) is 2.96. The number of nitrogens with one attached hydrogen (secondary N) is 2. The van der Waals surface area contributed by atoms with Crippen molar-refractivity contribution < 1.29 is 18.7 Å². The van der Waals surface area contributed by atoms with Gasteiger partial charge in [0.05, 0.1) is 23.5 Å². The van der Waals surface area contributed by atoms with Crippen molar-refractivity contribution in [3.05, 3.63) is 58.4 Å². The molecule has 3 aromatic rings. The summed E-state index contributed by atoms with van der Waals surface area (Å²) < 4.78 is 20.7. The Morgan fingerprint density at radius 2 is 1.65 bits per heavy atom. The molecule has 0 fully saturated rings. The molecule has 1 aromatic carbocycles. The topological polar surface area (TPSA) is 111 Å². The molecule has 0 radical (unpaired) electrons. The van der Waals surface area contributed by atoms with Crippen LogP contribution in [0.15, 0.2) is 24.3 Å². The summed E-state index contributed by atoms with van der Waals surface area (Å²) in [6.07, 6.45) is -0.721. The summed E-state index contributed by atoms with van der Waals surface area (Å²) in [5, 5.41) is 9.73. The van der Waals surface area contributed by atoms with E-state index in [0.29, 0.717) is 17.2 Å². The molecule has 180 valence electrons. The predicted molar refractivity (Wildman–Crippen MR) is 127 cm³/mol. The number of hydrogen-bond acceptors (Lipinski definition) is 6. The quantitative estimate of drug-likeness (QED) is 0.568. The van der Waals surface area contributed by atoms with Crippen molar-refractivity contribution in [3.8, 4) is 5.95 Å². The van der Waals surface area contributed by atoms with Gasteiger partial charge in [0.1, 0.15) is 11.4 Å². The number of carbonyl (C=O) groups is 2. The van der Waals surface area contributed by atoms with Gasteiger partial charge in [0.15, 0.2) is 0 Å². The third kappa shape index (κ3) is 6.15. The van der Waals surface area contributed by atoms with Crippen LogP contribution in [0.5, 0.6) is 0 Å². The molecule has 34 heavy (non-hydrogen) atoms. The van der Waals surface area contributed by atoms with Crippen molar-refractivity contribution in [2.75, 3.05) is 10.6 Å². The molecule has 0 saturated carbocycles. The molecule has 0 bridgehead atoms. The summed E-state index contributed by atoms with van der Waals surface area (Å²) >= 11 is 0. The van der Waals surface area contributed by atoms with E-state index in [1.807, 2.05) is 26.8 Å². The lowest BCUT2D eigenvalue weighted by Crippen LogP contribution is -2.27. The van der Waals surface area contributed by atoms with Gasteiger partial charge in [-0.1, -0.05) is 0 Å². The van der Waals surface area contributed by atoms with Gasteiger partial charge in [-0.05, 0) is 72.7 Å². The van der Waals surface area contributed by atoms with Gasteiger partial charge in [-0.25, -0.2) is 23.8 Å². The van der Waals surface area contributed by atoms with E-state index in [9.17, 15) is 14.0 Å². The van der Waals surface area contributed by atoms with Gasteiger partial charge in [0.2, 0.25) is 5.91 Å². The molecule has 2 heterocycles. The van der Waals surface area contributed by atoms with Crippen LogP contribution in [-0.2, 0) is 16.0 Å². The van der Waals surface area contributed by atoms with Gasteiger partial charge < -0.3 is 10.1 Å². The summed E-state index contributed by atoms with van der Waals surface area (Å²) in [4.78, 5) is 33.9. The Morgan fingerprint density at radius 1 is 1.00 bits per heavy atom. The highest BCUT2D eigenvalue weighted by molar-refractivity contribution is 5.98. The van der Waals surface area contributed by atoms with Gasteiger partial charge >= 0.3 is 6.09 Å². The zero-order valence-electron chi connectivity index (χ0n) is 20.4. The number of amides is 2. The molecule has 9 nitrogen and oxygen atoms in total. The maximum atomic E-state index is 13.9. The van der Waals surface area contributed by atoms with E-state index in [-0.39, 0.29) is 17.8 Å². The number of halogens is 1. The monoisotopic (exact) mass is 468 g/mol. The van der Waals surface area contributed by atoms with E-state index in [1.165, 1.54) is 12.1 Å². The number of aromatic nitrogens is 4. The van der Waals surface area contributed by atoms with Crippen LogP contribution < -0.4 is 10.6 Å². The number of hydrogen-bond donors (Lipinski definition) is 2. The Hall–Kier alpha value is -3.82. The SMILES string of the molecule is Cc1cc(C)nc(-n2nc(C)c(CC(=O)Nc3cc(F)ccc3NC(=O)OC(C)(C)C)c2C)n1. The van der Waals surface area contributed by atoms with Gasteiger partial charge in [-0.15, -0.1) is 0 Å². The minimum absolute atomic E-state index is 0.00907. The van der Waals surface area contributed by atoms with Crippen molar-refractivity contribution in [1.29, 1.82) is 0 Å². The first-order valence-corrected chi connectivity index (χ1v) is 10.8. The summed E-state index contributed by atoms with van der Waals surface area (Å²) in [6, 6.07) is 5.55. The van der Waals surface area contributed by atoms with E-state index in [1.54, 1.807) is 32.4 Å². The highest BCUT2D eigenvalue weighted by Crippen LogP contribution is 2.25. The third-order valence-corrected chi connectivity index (χ3v) is 4.83. The number of carbonyl (C=O) groups excluding carboxylic acids is 2. The van der Waals surface area contributed by atoms with Crippen LogP contribution in [0.1, 0.15) is 49.1 Å². The summed E-state index contributed by atoms with van der Waals surface area (Å²) in [6.45, 7) is 12.6. The molecule has 0 aliphatic carbocycles. The molecular weight excluding hydrogens is 439 g/mol. The predicted octanol–water partition coefficient (Wildman–Crippen LogP) is 4.56. The average molecular weight is 469 g/mol. The Bertz CT molecular complexity index is 1230. The van der Waals surface area contributed by atoms with Gasteiger partial charge in [-0.2, -0.15) is 5.10 Å². The maximum Gasteiger partial charge on any atom is 0.412 e. The smallest absolute Gasteiger partial charge is 0.412 e.